The predicted octanol–water partition coefficient (Wildman–Crippen LogP) is 2.51. The Morgan fingerprint density at radius 1 is 1.30 bits per heavy atom. The minimum atomic E-state index is -0.401. The summed E-state index contributed by atoms with van der Waals surface area (Å²) >= 11 is 0. The van der Waals surface area contributed by atoms with Crippen LogP contribution in [0.1, 0.15) is 30.1 Å². The van der Waals surface area contributed by atoms with Crippen LogP contribution in [0, 0.1) is 6.92 Å². The van der Waals surface area contributed by atoms with Crippen molar-refractivity contribution in [3.05, 3.63) is 66.2 Å². The molecule has 0 aliphatic rings. The molecule has 0 saturated carbocycles. The monoisotopic (exact) mass is 362 g/mol. The van der Waals surface area contributed by atoms with Gasteiger partial charge in [0.15, 0.2) is 0 Å². The van der Waals surface area contributed by atoms with Crippen molar-refractivity contribution < 1.29 is 9.32 Å². The number of hydrogen-bond acceptors (Lipinski definition) is 6. The van der Waals surface area contributed by atoms with Crippen LogP contribution in [0.5, 0.6) is 0 Å². The van der Waals surface area contributed by atoms with E-state index in [9.17, 15) is 4.79 Å². The number of fused-ring (bicyclic) bond motifs is 1. The minimum absolute atomic E-state index is 0.144. The Labute approximate surface area is 155 Å². The number of nitrogens with one attached hydrogen (secondary N) is 1. The van der Waals surface area contributed by atoms with Gasteiger partial charge in [-0.3, -0.25) is 9.78 Å². The third-order valence-corrected chi connectivity index (χ3v) is 4.28. The first-order valence-corrected chi connectivity index (χ1v) is 8.57. The zero-order valence-electron chi connectivity index (χ0n) is 15.0. The number of carbonyl (C=O) groups is 1. The van der Waals surface area contributed by atoms with Crippen molar-refractivity contribution in [2.45, 2.75) is 26.3 Å². The molecule has 1 atom stereocenters. The molecule has 4 aromatic rings. The topological polar surface area (TPSA) is 98.2 Å². The highest BCUT2D eigenvalue weighted by Crippen LogP contribution is 2.18. The zero-order chi connectivity index (χ0) is 18.8. The second kappa shape index (κ2) is 6.99. The molecule has 0 aromatic carbocycles. The van der Waals surface area contributed by atoms with Gasteiger partial charge >= 0.3 is 0 Å². The molecular weight excluding hydrogens is 344 g/mol. The van der Waals surface area contributed by atoms with Gasteiger partial charge in [-0.05, 0) is 37.6 Å². The van der Waals surface area contributed by atoms with E-state index in [0.29, 0.717) is 11.7 Å². The van der Waals surface area contributed by atoms with Crippen LogP contribution >= 0.6 is 0 Å². The molecule has 1 N–H and O–H groups in total. The van der Waals surface area contributed by atoms with E-state index in [-0.39, 0.29) is 12.3 Å². The van der Waals surface area contributed by atoms with Crippen LogP contribution in [0.25, 0.3) is 17.0 Å². The van der Waals surface area contributed by atoms with Crippen molar-refractivity contribution in [2.24, 2.45) is 0 Å². The highest BCUT2D eigenvalue weighted by atomic mass is 16.5. The van der Waals surface area contributed by atoms with E-state index in [4.69, 9.17) is 4.52 Å². The van der Waals surface area contributed by atoms with Gasteiger partial charge in [0.05, 0.1) is 12.1 Å². The van der Waals surface area contributed by atoms with Gasteiger partial charge in [0, 0.05) is 30.4 Å². The molecule has 1 amide bonds. The van der Waals surface area contributed by atoms with Gasteiger partial charge in [0.1, 0.15) is 11.7 Å². The summed E-state index contributed by atoms with van der Waals surface area (Å²) < 4.78 is 7.21. The first kappa shape index (κ1) is 16.9. The van der Waals surface area contributed by atoms with Crippen LogP contribution < -0.4 is 5.32 Å². The number of hydrogen-bond donors (Lipinski definition) is 1. The summed E-state index contributed by atoms with van der Waals surface area (Å²) in [5, 5.41) is 6.85. The molecule has 136 valence electrons. The predicted molar refractivity (Wildman–Crippen MR) is 97.7 cm³/mol. The summed E-state index contributed by atoms with van der Waals surface area (Å²) in [6, 6.07) is 7.12. The maximum atomic E-state index is 12.4. The fraction of sp³-hybridized carbons (Fsp3) is 0.211. The molecule has 0 aliphatic carbocycles. The van der Waals surface area contributed by atoms with E-state index in [1.54, 1.807) is 37.6 Å². The molecule has 0 spiro atoms. The Bertz CT molecular complexity index is 1090. The SMILES string of the molecule is Cc1cccn2c(CC(=O)N[C@@H](C)c3nc(-c4ccncc4)no3)cnc12. The number of pyridine rings is 2. The minimum Gasteiger partial charge on any atom is -0.344 e. The van der Waals surface area contributed by atoms with Crippen molar-refractivity contribution in [1.29, 1.82) is 0 Å². The van der Waals surface area contributed by atoms with Crippen LogP contribution in [-0.2, 0) is 11.2 Å². The van der Waals surface area contributed by atoms with Crippen LogP contribution in [0.4, 0.5) is 0 Å². The van der Waals surface area contributed by atoms with Gasteiger partial charge in [-0.1, -0.05) is 11.2 Å². The number of amides is 1. The lowest BCUT2D eigenvalue weighted by atomic mass is 10.2. The van der Waals surface area contributed by atoms with Crippen molar-refractivity contribution in [1.82, 2.24) is 29.8 Å². The summed E-state index contributed by atoms with van der Waals surface area (Å²) in [6.45, 7) is 3.80. The summed E-state index contributed by atoms with van der Waals surface area (Å²) in [5.74, 6) is 0.671. The Morgan fingerprint density at radius 3 is 2.93 bits per heavy atom. The lowest BCUT2D eigenvalue weighted by Crippen LogP contribution is -2.28. The van der Waals surface area contributed by atoms with Crippen molar-refractivity contribution in [3.8, 4) is 11.4 Å². The van der Waals surface area contributed by atoms with Gasteiger partial charge in [0.2, 0.25) is 17.6 Å². The zero-order valence-corrected chi connectivity index (χ0v) is 15.0. The van der Waals surface area contributed by atoms with E-state index < -0.39 is 6.04 Å². The van der Waals surface area contributed by atoms with E-state index in [2.05, 4.69) is 25.4 Å². The molecule has 4 rings (SSSR count). The fourth-order valence-electron chi connectivity index (χ4n) is 2.88. The number of rotatable bonds is 5. The number of imidazole rings is 1. The van der Waals surface area contributed by atoms with Crippen LogP contribution in [0.2, 0.25) is 0 Å². The van der Waals surface area contributed by atoms with Crippen molar-refractivity contribution in [2.75, 3.05) is 0 Å². The first-order chi connectivity index (χ1) is 13.1. The molecule has 0 radical (unpaired) electrons. The average Bonchev–Trinajstić information content (AvgIpc) is 3.31. The summed E-state index contributed by atoms with van der Waals surface area (Å²) in [7, 11) is 0. The highest BCUT2D eigenvalue weighted by molar-refractivity contribution is 5.78. The van der Waals surface area contributed by atoms with E-state index in [0.717, 1.165) is 22.5 Å². The maximum absolute atomic E-state index is 12.4. The van der Waals surface area contributed by atoms with Gasteiger partial charge in [0.25, 0.3) is 0 Å². The third kappa shape index (κ3) is 3.41. The summed E-state index contributed by atoms with van der Waals surface area (Å²) in [5.41, 5.74) is 3.54. The van der Waals surface area contributed by atoms with E-state index in [1.165, 1.54) is 0 Å². The Kier molecular flexibility index (Phi) is 4.37. The summed E-state index contributed by atoms with van der Waals surface area (Å²) in [4.78, 5) is 25.2. The Balaban J connectivity index is 1.45. The molecule has 0 fully saturated rings. The second-order valence-corrected chi connectivity index (χ2v) is 6.29. The Morgan fingerprint density at radius 2 is 2.11 bits per heavy atom. The van der Waals surface area contributed by atoms with Crippen molar-refractivity contribution >= 4 is 11.6 Å². The second-order valence-electron chi connectivity index (χ2n) is 6.29. The third-order valence-electron chi connectivity index (χ3n) is 4.28. The maximum Gasteiger partial charge on any atom is 0.249 e. The standard InChI is InChI=1S/C19H18N6O2/c1-12-4-3-9-25-15(11-21-18(12)25)10-16(26)22-13(2)19-23-17(24-27-19)14-5-7-20-8-6-14/h3-9,11,13H,10H2,1-2H3,(H,22,26)/t13-/m0/s1. The van der Waals surface area contributed by atoms with Gasteiger partial charge < -0.3 is 14.2 Å². The molecular formula is C19H18N6O2. The lowest BCUT2D eigenvalue weighted by molar-refractivity contribution is -0.121. The van der Waals surface area contributed by atoms with Gasteiger partial charge in [-0.2, -0.15) is 4.98 Å². The molecule has 4 heterocycles. The average molecular weight is 362 g/mol. The number of aryl methyl sites for hydroxylation is 1. The number of carbonyl (C=O) groups excluding carboxylic acids is 1. The molecule has 4 aromatic heterocycles. The van der Waals surface area contributed by atoms with Crippen LogP contribution in [0.3, 0.4) is 0 Å². The van der Waals surface area contributed by atoms with Crippen LogP contribution in [-0.4, -0.2) is 30.4 Å². The fourth-order valence-corrected chi connectivity index (χ4v) is 2.88. The number of aromatic nitrogens is 5. The van der Waals surface area contributed by atoms with E-state index >= 15 is 0 Å². The summed E-state index contributed by atoms with van der Waals surface area (Å²) in [6.07, 6.45) is 7.16. The smallest absolute Gasteiger partial charge is 0.249 e. The van der Waals surface area contributed by atoms with Crippen LogP contribution in [0.15, 0.2) is 53.6 Å². The normalized spacial score (nSPS) is 12.2. The highest BCUT2D eigenvalue weighted by Gasteiger charge is 2.18. The molecule has 8 nitrogen and oxygen atoms in total. The molecule has 0 unspecified atom stereocenters. The van der Waals surface area contributed by atoms with Gasteiger partial charge in [-0.15, -0.1) is 0 Å². The largest absolute Gasteiger partial charge is 0.344 e. The first-order valence-electron chi connectivity index (χ1n) is 8.57. The van der Waals surface area contributed by atoms with Crippen molar-refractivity contribution in [3.63, 3.8) is 0 Å². The van der Waals surface area contributed by atoms with E-state index in [1.807, 2.05) is 29.7 Å². The number of nitrogens with zero attached hydrogens (tertiary/aromatic N) is 5. The molecule has 0 aliphatic heterocycles. The van der Waals surface area contributed by atoms with Gasteiger partial charge in [-0.25, -0.2) is 4.98 Å². The molecule has 27 heavy (non-hydrogen) atoms. The quantitative estimate of drug-likeness (QED) is 0.586. The molecule has 8 heteroatoms. The Hall–Kier alpha value is -3.55. The lowest BCUT2D eigenvalue weighted by Gasteiger charge is -2.09. The molecule has 0 saturated heterocycles. The molecule has 0 bridgehead atoms.